The first-order valence-electron chi connectivity index (χ1n) is 15.8. The maximum absolute atomic E-state index is 16.2. The van der Waals surface area contributed by atoms with E-state index in [9.17, 15) is 9.59 Å². The number of rotatable bonds is 12. The molecule has 0 spiro atoms. The van der Waals surface area contributed by atoms with Crippen molar-refractivity contribution in [3.05, 3.63) is 77.2 Å². The largest absolute Gasteiger partial charge is 0.481 e. The van der Waals surface area contributed by atoms with Gasteiger partial charge in [-0.2, -0.15) is 0 Å². The quantitative estimate of drug-likeness (QED) is 0.146. The van der Waals surface area contributed by atoms with E-state index in [2.05, 4.69) is 37.6 Å². The molecular weight excluding hydrogens is 590 g/mol. The second kappa shape index (κ2) is 13.9. The molecule has 1 aliphatic carbocycles. The molecule has 0 aliphatic heterocycles. The molecule has 1 fully saturated rings. The van der Waals surface area contributed by atoms with Crippen molar-refractivity contribution in [3.63, 3.8) is 0 Å². The van der Waals surface area contributed by atoms with Gasteiger partial charge in [0.2, 0.25) is 11.5 Å². The standard InChI is InChI=1S/C37H46F2N2O5/c1-22(2)41(23(3)4)21-27-18-28(15-16-29(27)30-19-32(44-9)40-20-31(30)38)45-34(42)26-12-10-11-25(17-26)33(24-13-14-24)37(8,39)35(43)46-36(5,6)7/h10-12,15-20,22-24,33H,13-14,21H2,1-9H3/t33-,37+/m0/s1. The van der Waals surface area contributed by atoms with Crippen molar-refractivity contribution in [1.82, 2.24) is 9.88 Å². The Hall–Kier alpha value is -3.85. The van der Waals surface area contributed by atoms with Gasteiger partial charge in [0, 0.05) is 36.2 Å². The minimum Gasteiger partial charge on any atom is -0.481 e. The molecule has 1 aromatic heterocycles. The van der Waals surface area contributed by atoms with Crippen molar-refractivity contribution >= 4 is 11.9 Å². The molecule has 0 bridgehead atoms. The summed E-state index contributed by atoms with van der Waals surface area (Å²) in [5.74, 6) is -2.30. The maximum atomic E-state index is 16.2. The summed E-state index contributed by atoms with van der Waals surface area (Å²) in [6, 6.07) is 13.6. The molecule has 46 heavy (non-hydrogen) atoms. The number of hydrogen-bond donors (Lipinski definition) is 0. The van der Waals surface area contributed by atoms with Crippen molar-refractivity contribution in [2.45, 2.75) is 104 Å². The summed E-state index contributed by atoms with van der Waals surface area (Å²) < 4.78 is 47.8. The lowest BCUT2D eigenvalue weighted by molar-refractivity contribution is -0.170. The van der Waals surface area contributed by atoms with Crippen LogP contribution in [0.4, 0.5) is 8.78 Å². The molecule has 7 nitrogen and oxygen atoms in total. The molecule has 2 aromatic carbocycles. The fourth-order valence-electron chi connectivity index (χ4n) is 5.91. The molecule has 3 aromatic rings. The van der Waals surface area contributed by atoms with Gasteiger partial charge in [-0.05, 0) is 115 Å². The summed E-state index contributed by atoms with van der Waals surface area (Å²) in [6.45, 7) is 15.2. The minimum absolute atomic E-state index is 0.0408. The van der Waals surface area contributed by atoms with Crippen LogP contribution in [0.15, 0.2) is 54.7 Å². The first-order chi connectivity index (χ1) is 21.5. The number of pyridine rings is 1. The molecule has 2 atom stereocenters. The van der Waals surface area contributed by atoms with E-state index in [4.69, 9.17) is 14.2 Å². The SMILES string of the molecule is COc1cc(-c2ccc(OC(=O)c3cccc([C@H](C4CC4)[C@@](C)(F)C(=O)OC(C)(C)C)c3)cc2CN(C(C)C)C(C)C)c(F)cn1. The normalized spacial score (nSPS) is 15.5. The summed E-state index contributed by atoms with van der Waals surface area (Å²) in [4.78, 5) is 32.6. The van der Waals surface area contributed by atoms with E-state index in [1.54, 1.807) is 69.3 Å². The van der Waals surface area contributed by atoms with Crippen LogP contribution in [-0.4, -0.2) is 52.3 Å². The fraction of sp³-hybridized carbons (Fsp3) is 0.486. The molecule has 9 heteroatoms. The van der Waals surface area contributed by atoms with Crippen molar-refractivity contribution in [1.29, 1.82) is 0 Å². The first-order valence-corrected chi connectivity index (χ1v) is 15.8. The number of benzene rings is 2. The number of hydrogen-bond acceptors (Lipinski definition) is 7. The molecule has 0 saturated heterocycles. The number of halogens is 2. The van der Waals surface area contributed by atoms with Gasteiger partial charge < -0.3 is 14.2 Å². The molecule has 0 unspecified atom stereocenters. The van der Waals surface area contributed by atoms with Crippen LogP contribution in [0.1, 0.15) is 95.6 Å². The second-order valence-electron chi connectivity index (χ2n) is 13.8. The number of nitrogens with zero attached hydrogens (tertiary/aromatic N) is 2. The third kappa shape index (κ3) is 8.29. The van der Waals surface area contributed by atoms with E-state index < -0.39 is 34.9 Å². The fourth-order valence-corrected chi connectivity index (χ4v) is 5.91. The van der Waals surface area contributed by atoms with Crippen LogP contribution in [0.3, 0.4) is 0 Å². The third-order valence-corrected chi connectivity index (χ3v) is 8.25. The van der Waals surface area contributed by atoms with Crippen LogP contribution in [0.25, 0.3) is 11.1 Å². The molecule has 0 amide bonds. The van der Waals surface area contributed by atoms with Crippen LogP contribution < -0.4 is 9.47 Å². The van der Waals surface area contributed by atoms with Crippen LogP contribution in [0.5, 0.6) is 11.6 Å². The average Bonchev–Trinajstić information content (AvgIpc) is 3.80. The first kappa shape index (κ1) is 35.0. The van der Waals surface area contributed by atoms with Crippen molar-refractivity contribution in [2.24, 2.45) is 5.92 Å². The van der Waals surface area contributed by atoms with Gasteiger partial charge in [-0.15, -0.1) is 0 Å². The minimum atomic E-state index is -2.29. The second-order valence-corrected chi connectivity index (χ2v) is 13.8. The lowest BCUT2D eigenvalue weighted by atomic mass is 9.80. The summed E-state index contributed by atoms with van der Waals surface area (Å²) in [5.41, 5.74) is -0.651. The van der Waals surface area contributed by atoms with Crippen molar-refractivity contribution < 1.29 is 32.6 Å². The van der Waals surface area contributed by atoms with Gasteiger partial charge in [0.05, 0.1) is 18.9 Å². The summed E-state index contributed by atoms with van der Waals surface area (Å²) in [5, 5.41) is 0. The van der Waals surface area contributed by atoms with E-state index in [1.807, 2.05) is 0 Å². The third-order valence-electron chi connectivity index (χ3n) is 8.25. The summed E-state index contributed by atoms with van der Waals surface area (Å²) in [6.07, 6.45) is 2.69. The Morgan fingerprint density at radius 3 is 2.24 bits per heavy atom. The Labute approximate surface area is 271 Å². The van der Waals surface area contributed by atoms with Crippen molar-refractivity contribution in [3.8, 4) is 22.8 Å². The van der Waals surface area contributed by atoms with Crippen LogP contribution in [-0.2, 0) is 16.1 Å². The van der Waals surface area contributed by atoms with Gasteiger partial charge >= 0.3 is 11.9 Å². The van der Waals surface area contributed by atoms with Crippen molar-refractivity contribution in [2.75, 3.05) is 7.11 Å². The average molecular weight is 637 g/mol. The topological polar surface area (TPSA) is 78.0 Å². The number of aromatic nitrogens is 1. The molecule has 0 radical (unpaired) electrons. The van der Waals surface area contributed by atoms with Gasteiger partial charge in [0.15, 0.2) is 0 Å². The van der Waals surface area contributed by atoms with Crippen LogP contribution in [0.2, 0.25) is 0 Å². The number of carbonyl (C=O) groups excluding carboxylic acids is 2. The smallest absolute Gasteiger partial charge is 0.344 e. The molecular formula is C37H46F2N2O5. The van der Waals surface area contributed by atoms with Gasteiger partial charge in [-0.1, -0.05) is 18.2 Å². The Morgan fingerprint density at radius 1 is 0.978 bits per heavy atom. The Balaban J connectivity index is 1.67. The number of alkyl halides is 1. The number of ether oxygens (including phenoxy) is 3. The van der Waals surface area contributed by atoms with Crippen LogP contribution in [0, 0.1) is 11.7 Å². The van der Waals surface area contributed by atoms with Gasteiger partial charge in [-0.3, -0.25) is 4.90 Å². The van der Waals surface area contributed by atoms with E-state index in [1.165, 1.54) is 14.0 Å². The zero-order chi connectivity index (χ0) is 34.0. The van der Waals surface area contributed by atoms with Crippen LogP contribution >= 0.6 is 0 Å². The number of carbonyl (C=O) groups is 2. The lowest BCUT2D eigenvalue weighted by Gasteiger charge is -2.32. The number of methoxy groups -OCH3 is 1. The molecule has 4 rings (SSSR count). The predicted octanol–water partition coefficient (Wildman–Crippen LogP) is 8.30. The van der Waals surface area contributed by atoms with E-state index in [0.29, 0.717) is 23.2 Å². The Kier molecular flexibility index (Phi) is 10.6. The van der Waals surface area contributed by atoms with Gasteiger partial charge in [-0.25, -0.2) is 23.4 Å². The highest BCUT2D eigenvalue weighted by Gasteiger charge is 2.51. The summed E-state index contributed by atoms with van der Waals surface area (Å²) in [7, 11) is 1.47. The molecule has 0 N–H and O–H groups in total. The molecule has 1 aliphatic rings. The monoisotopic (exact) mass is 636 g/mol. The Morgan fingerprint density at radius 2 is 1.65 bits per heavy atom. The van der Waals surface area contributed by atoms with E-state index in [-0.39, 0.29) is 35.2 Å². The maximum Gasteiger partial charge on any atom is 0.344 e. The zero-order valence-corrected chi connectivity index (χ0v) is 28.3. The Bertz CT molecular complexity index is 1550. The van der Waals surface area contributed by atoms with Gasteiger partial charge in [0.1, 0.15) is 17.2 Å². The highest BCUT2D eigenvalue weighted by molar-refractivity contribution is 5.91. The molecule has 1 heterocycles. The van der Waals surface area contributed by atoms with E-state index in [0.717, 1.165) is 24.6 Å². The predicted molar refractivity (Wildman–Crippen MR) is 174 cm³/mol. The molecule has 1 saturated carbocycles. The highest BCUT2D eigenvalue weighted by Crippen LogP contribution is 2.50. The summed E-state index contributed by atoms with van der Waals surface area (Å²) >= 11 is 0. The zero-order valence-electron chi connectivity index (χ0n) is 28.3. The van der Waals surface area contributed by atoms with E-state index >= 15 is 8.78 Å². The highest BCUT2D eigenvalue weighted by atomic mass is 19.1. The number of esters is 2. The lowest BCUT2D eigenvalue weighted by Crippen LogP contribution is -2.43. The van der Waals surface area contributed by atoms with Gasteiger partial charge in [0.25, 0.3) is 0 Å². The molecule has 248 valence electrons.